The molecule has 1 N–H and O–H groups in total. The van der Waals surface area contributed by atoms with Crippen LogP contribution in [0, 0.1) is 0 Å². The number of carbonyl (C=O) groups is 1. The lowest BCUT2D eigenvalue weighted by Gasteiger charge is -2.26. The van der Waals surface area contributed by atoms with Gasteiger partial charge in [-0.15, -0.1) is 0 Å². The van der Waals surface area contributed by atoms with Crippen molar-refractivity contribution in [1.82, 2.24) is 19.6 Å². The predicted molar refractivity (Wildman–Crippen MR) is 131 cm³/mol. The number of ether oxygens (including phenoxy) is 1. The van der Waals surface area contributed by atoms with Crippen LogP contribution in [-0.4, -0.2) is 66.5 Å². The number of nitrogens with zero attached hydrogens (tertiary/aromatic N) is 4. The molecule has 0 saturated carbocycles. The highest BCUT2D eigenvalue weighted by molar-refractivity contribution is 7.09. The van der Waals surface area contributed by atoms with E-state index < -0.39 is 0 Å². The fourth-order valence-corrected chi connectivity index (χ4v) is 4.66. The van der Waals surface area contributed by atoms with E-state index in [1.165, 1.54) is 30.8 Å². The monoisotopic (exact) mass is 459 g/mol. The third-order valence-electron chi connectivity index (χ3n) is 5.81. The van der Waals surface area contributed by atoms with Crippen LogP contribution >= 0.6 is 11.5 Å². The van der Waals surface area contributed by atoms with Crippen LogP contribution in [0.4, 0.5) is 5.13 Å². The Bertz CT molecular complexity index is 822. The lowest BCUT2D eigenvalue weighted by atomic mass is 10.1. The fourth-order valence-electron chi connectivity index (χ4n) is 3.92. The standard InChI is InChI=1S/C24H37N5O2S/c1-3-4-15-29(16-11-23(30)25-12-17-28-13-6-5-7-14-28)24-26-22(27-32-24)19-20-9-8-10-21(18-20)31-2/h8-10,18H,3-7,11-17,19H2,1-2H3,(H,25,30). The van der Waals surface area contributed by atoms with Gasteiger partial charge in [-0.2, -0.15) is 4.37 Å². The van der Waals surface area contributed by atoms with E-state index in [9.17, 15) is 4.79 Å². The number of methoxy groups -OCH3 is 1. The molecule has 1 aromatic heterocycles. The van der Waals surface area contributed by atoms with Crippen LogP contribution in [0.15, 0.2) is 24.3 Å². The number of amides is 1. The molecule has 3 rings (SSSR count). The zero-order chi connectivity index (χ0) is 22.6. The van der Waals surface area contributed by atoms with E-state index in [4.69, 9.17) is 9.72 Å². The normalized spacial score (nSPS) is 14.3. The van der Waals surface area contributed by atoms with E-state index in [0.29, 0.717) is 19.4 Å². The summed E-state index contributed by atoms with van der Waals surface area (Å²) < 4.78 is 9.88. The number of anilines is 1. The SMILES string of the molecule is CCCCN(CCC(=O)NCCN1CCCCC1)c1nc(Cc2cccc(OC)c2)ns1. The van der Waals surface area contributed by atoms with Gasteiger partial charge in [0, 0.05) is 50.6 Å². The first kappa shape index (κ1) is 24.5. The first-order valence-electron chi connectivity index (χ1n) is 11.9. The zero-order valence-corrected chi connectivity index (χ0v) is 20.3. The maximum absolute atomic E-state index is 12.4. The lowest BCUT2D eigenvalue weighted by Crippen LogP contribution is -2.38. The van der Waals surface area contributed by atoms with E-state index >= 15 is 0 Å². The number of rotatable bonds is 13. The molecule has 1 aliphatic rings. The lowest BCUT2D eigenvalue weighted by molar-refractivity contribution is -0.120. The Morgan fingerprint density at radius 1 is 1.25 bits per heavy atom. The van der Waals surface area contributed by atoms with Gasteiger partial charge in [0.2, 0.25) is 11.0 Å². The Morgan fingerprint density at radius 3 is 2.88 bits per heavy atom. The molecule has 1 aliphatic heterocycles. The Morgan fingerprint density at radius 2 is 2.09 bits per heavy atom. The molecular formula is C24H37N5O2S. The van der Waals surface area contributed by atoms with Crippen LogP contribution in [0.25, 0.3) is 0 Å². The summed E-state index contributed by atoms with van der Waals surface area (Å²) in [6, 6.07) is 8.00. The van der Waals surface area contributed by atoms with Crippen LogP contribution in [0.1, 0.15) is 56.8 Å². The second kappa shape index (κ2) is 13.4. The molecule has 0 unspecified atom stereocenters. The fraction of sp³-hybridized carbons (Fsp3) is 0.625. The minimum absolute atomic E-state index is 0.115. The molecule has 1 amide bonds. The van der Waals surface area contributed by atoms with E-state index in [1.807, 2.05) is 18.2 Å². The molecule has 7 nitrogen and oxygen atoms in total. The summed E-state index contributed by atoms with van der Waals surface area (Å²) in [4.78, 5) is 21.8. The van der Waals surface area contributed by atoms with Crippen molar-refractivity contribution in [3.05, 3.63) is 35.7 Å². The van der Waals surface area contributed by atoms with Gasteiger partial charge in [-0.3, -0.25) is 4.79 Å². The van der Waals surface area contributed by atoms with Gasteiger partial charge in [0.05, 0.1) is 7.11 Å². The molecule has 0 bridgehead atoms. The highest BCUT2D eigenvalue weighted by Crippen LogP contribution is 2.21. The third-order valence-corrected chi connectivity index (χ3v) is 6.63. The van der Waals surface area contributed by atoms with Gasteiger partial charge >= 0.3 is 0 Å². The first-order valence-corrected chi connectivity index (χ1v) is 12.6. The van der Waals surface area contributed by atoms with Gasteiger partial charge in [-0.25, -0.2) is 4.98 Å². The number of nitrogens with one attached hydrogen (secondary N) is 1. The van der Waals surface area contributed by atoms with E-state index in [2.05, 4.69) is 32.5 Å². The minimum atomic E-state index is 0.115. The average Bonchev–Trinajstić information content (AvgIpc) is 3.28. The van der Waals surface area contributed by atoms with Gasteiger partial charge in [-0.05, 0) is 50.0 Å². The molecular weight excluding hydrogens is 422 g/mol. The number of likely N-dealkylation sites (tertiary alicyclic amines) is 1. The molecule has 0 atom stereocenters. The second-order valence-electron chi connectivity index (χ2n) is 8.36. The molecule has 176 valence electrons. The van der Waals surface area contributed by atoms with Gasteiger partial charge < -0.3 is 19.9 Å². The number of aromatic nitrogens is 2. The average molecular weight is 460 g/mol. The Hall–Kier alpha value is -2.19. The molecule has 0 aliphatic carbocycles. The Balaban J connectivity index is 1.48. The number of piperidine rings is 1. The summed E-state index contributed by atoms with van der Waals surface area (Å²) in [5.74, 6) is 1.77. The first-order chi connectivity index (χ1) is 15.7. The van der Waals surface area contributed by atoms with Crippen LogP contribution < -0.4 is 15.0 Å². The molecule has 8 heteroatoms. The van der Waals surface area contributed by atoms with Crippen molar-refractivity contribution in [1.29, 1.82) is 0 Å². The summed E-state index contributed by atoms with van der Waals surface area (Å²) in [6.45, 7) is 7.76. The molecule has 0 radical (unpaired) electrons. The molecule has 2 heterocycles. The van der Waals surface area contributed by atoms with Gasteiger partial charge in [0.25, 0.3) is 0 Å². The maximum Gasteiger partial charge on any atom is 0.221 e. The van der Waals surface area contributed by atoms with Crippen molar-refractivity contribution in [2.24, 2.45) is 0 Å². The van der Waals surface area contributed by atoms with Crippen molar-refractivity contribution in [2.75, 3.05) is 51.3 Å². The summed E-state index contributed by atoms with van der Waals surface area (Å²) in [7, 11) is 1.67. The molecule has 32 heavy (non-hydrogen) atoms. The number of carbonyl (C=O) groups excluding carboxylic acids is 1. The van der Waals surface area contributed by atoms with E-state index in [0.717, 1.165) is 67.8 Å². The summed E-state index contributed by atoms with van der Waals surface area (Å²) in [6.07, 6.45) is 7.23. The number of unbranched alkanes of at least 4 members (excludes halogenated alkanes) is 1. The van der Waals surface area contributed by atoms with Crippen LogP contribution in [-0.2, 0) is 11.2 Å². The van der Waals surface area contributed by atoms with Crippen LogP contribution in [0.3, 0.4) is 0 Å². The van der Waals surface area contributed by atoms with Gasteiger partial charge in [0.1, 0.15) is 11.6 Å². The highest BCUT2D eigenvalue weighted by Gasteiger charge is 2.15. The quantitative estimate of drug-likeness (QED) is 0.492. The van der Waals surface area contributed by atoms with Gasteiger partial charge in [0.15, 0.2) is 0 Å². The third kappa shape index (κ3) is 8.06. The van der Waals surface area contributed by atoms with Crippen molar-refractivity contribution < 1.29 is 9.53 Å². The number of benzene rings is 1. The minimum Gasteiger partial charge on any atom is -0.497 e. The Labute approximate surface area is 196 Å². The van der Waals surface area contributed by atoms with Crippen molar-refractivity contribution in [2.45, 2.75) is 51.9 Å². The zero-order valence-electron chi connectivity index (χ0n) is 19.5. The number of hydrogen-bond acceptors (Lipinski definition) is 7. The highest BCUT2D eigenvalue weighted by atomic mass is 32.1. The topological polar surface area (TPSA) is 70.6 Å². The second-order valence-corrected chi connectivity index (χ2v) is 9.09. The maximum atomic E-state index is 12.4. The van der Waals surface area contributed by atoms with Crippen LogP contribution in [0.5, 0.6) is 5.75 Å². The molecule has 1 saturated heterocycles. The summed E-state index contributed by atoms with van der Waals surface area (Å²) in [5, 5.41) is 3.99. The molecule has 2 aromatic rings. The van der Waals surface area contributed by atoms with E-state index in [1.54, 1.807) is 7.11 Å². The van der Waals surface area contributed by atoms with Crippen molar-refractivity contribution in [3.8, 4) is 5.75 Å². The van der Waals surface area contributed by atoms with Crippen molar-refractivity contribution >= 4 is 22.6 Å². The van der Waals surface area contributed by atoms with Gasteiger partial charge in [-0.1, -0.05) is 31.9 Å². The predicted octanol–water partition coefficient (Wildman–Crippen LogP) is 3.74. The smallest absolute Gasteiger partial charge is 0.221 e. The van der Waals surface area contributed by atoms with E-state index in [-0.39, 0.29) is 5.91 Å². The summed E-state index contributed by atoms with van der Waals surface area (Å²) in [5.41, 5.74) is 1.13. The van der Waals surface area contributed by atoms with Crippen LogP contribution in [0.2, 0.25) is 0 Å². The Kier molecular flexibility index (Phi) is 10.2. The largest absolute Gasteiger partial charge is 0.497 e. The van der Waals surface area contributed by atoms with Crippen molar-refractivity contribution in [3.63, 3.8) is 0 Å². The number of hydrogen-bond donors (Lipinski definition) is 1. The molecule has 1 aromatic carbocycles. The summed E-state index contributed by atoms with van der Waals surface area (Å²) >= 11 is 1.42. The molecule has 1 fully saturated rings. The molecule has 0 spiro atoms.